The number of carbonyl (C=O) groups is 1. The van der Waals surface area contributed by atoms with Crippen LogP contribution in [0.15, 0.2) is 17.1 Å². The molecular formula is C27H43N4O5P. The number of hydrogen-bond acceptors (Lipinski definition) is 7. The number of nitrogens with zero attached hydrogens (tertiary/aromatic N) is 3. The van der Waals surface area contributed by atoms with E-state index in [0.29, 0.717) is 18.4 Å². The third-order valence-corrected chi connectivity index (χ3v) is 10.6. The molecule has 6 atom stereocenters. The third-order valence-electron chi connectivity index (χ3n) is 8.84. The van der Waals surface area contributed by atoms with Crippen molar-refractivity contribution in [3.8, 4) is 0 Å². The van der Waals surface area contributed by atoms with E-state index < -0.39 is 20.4 Å². The van der Waals surface area contributed by atoms with Crippen molar-refractivity contribution >= 4 is 20.3 Å². The second-order valence-electron chi connectivity index (χ2n) is 11.5. The predicted molar refractivity (Wildman–Crippen MR) is 143 cm³/mol. The average molecular weight is 535 g/mol. The van der Waals surface area contributed by atoms with Crippen LogP contribution in [0.1, 0.15) is 97.6 Å². The van der Waals surface area contributed by atoms with Gasteiger partial charge in [0.05, 0.1) is 17.8 Å². The minimum atomic E-state index is -1.19. The number of fused-ring (bicyclic) bond motifs is 1. The maximum atomic E-state index is 12.8. The number of carbonyl (C=O) groups excluding carboxylic acids is 1. The number of hydrogen-bond donors (Lipinski definition) is 1. The van der Waals surface area contributed by atoms with Crippen LogP contribution in [0.5, 0.6) is 0 Å². The summed E-state index contributed by atoms with van der Waals surface area (Å²) in [7, 11) is 0.992. The normalized spacial score (nSPS) is 35.1. The van der Waals surface area contributed by atoms with Gasteiger partial charge >= 0.3 is 5.69 Å². The summed E-state index contributed by atoms with van der Waals surface area (Å²) < 4.78 is 23.9. The van der Waals surface area contributed by atoms with Gasteiger partial charge in [-0.05, 0) is 51.1 Å². The van der Waals surface area contributed by atoms with Crippen LogP contribution < -0.4 is 11.0 Å². The topological polar surface area (TPSA) is 94.9 Å². The Balaban J connectivity index is 1.29. The summed E-state index contributed by atoms with van der Waals surface area (Å²) in [5, 5.41) is 2.69. The lowest BCUT2D eigenvalue weighted by atomic mass is 9.67. The zero-order chi connectivity index (χ0) is 26.2. The standard InChI is InChI=1S/C27H43N4O5P/c1-5-20-21(17-24(34-20)31-16-14-23(29-26(31)33)28-25(32)18(2)3)35-37-30(4)22-13-9-10-15-27(22,36-37)19-11-7-6-8-12-19/h14,16,18-22,24H,5-13,15,17H2,1-4H3,(H,28,29,32,33)/t20-,21?,22+,24-,27+,37+/m1/s1. The van der Waals surface area contributed by atoms with Gasteiger partial charge in [-0.2, -0.15) is 4.98 Å². The molecule has 1 amide bonds. The maximum absolute atomic E-state index is 12.8. The fraction of sp³-hybridized carbons (Fsp3) is 0.815. The summed E-state index contributed by atoms with van der Waals surface area (Å²) >= 11 is 0. The molecule has 2 saturated heterocycles. The number of likely N-dealkylation sites (N-methyl/N-ethyl adjacent to an activating group) is 1. The van der Waals surface area contributed by atoms with Gasteiger partial charge in [0, 0.05) is 24.6 Å². The van der Waals surface area contributed by atoms with Crippen molar-refractivity contribution in [3.05, 3.63) is 22.7 Å². The molecule has 0 spiro atoms. The van der Waals surface area contributed by atoms with Crippen LogP contribution in [0.3, 0.4) is 0 Å². The van der Waals surface area contributed by atoms with E-state index in [1.807, 2.05) is 0 Å². The van der Waals surface area contributed by atoms with Crippen LogP contribution in [0.4, 0.5) is 5.82 Å². The monoisotopic (exact) mass is 534 g/mol. The highest BCUT2D eigenvalue weighted by atomic mass is 31.2. The van der Waals surface area contributed by atoms with Crippen molar-refractivity contribution in [1.29, 1.82) is 0 Å². The van der Waals surface area contributed by atoms with Crippen LogP contribution in [0, 0.1) is 11.8 Å². The van der Waals surface area contributed by atoms with Crippen LogP contribution in [0.2, 0.25) is 0 Å². The van der Waals surface area contributed by atoms with Crippen LogP contribution >= 0.6 is 8.53 Å². The van der Waals surface area contributed by atoms with Crippen molar-refractivity contribution in [2.75, 3.05) is 12.4 Å². The molecule has 2 aliphatic carbocycles. The van der Waals surface area contributed by atoms with Gasteiger partial charge in [-0.1, -0.05) is 52.9 Å². The van der Waals surface area contributed by atoms with Gasteiger partial charge in [-0.25, -0.2) is 9.46 Å². The second-order valence-corrected chi connectivity index (χ2v) is 13.0. The highest BCUT2D eigenvalue weighted by Gasteiger charge is 2.58. The number of nitrogens with one attached hydrogen (secondary N) is 1. The summed E-state index contributed by atoms with van der Waals surface area (Å²) in [6.07, 6.45) is 13.6. The molecule has 0 radical (unpaired) electrons. The lowest BCUT2D eigenvalue weighted by Gasteiger charge is -2.45. The van der Waals surface area contributed by atoms with E-state index in [-0.39, 0.29) is 35.5 Å². The fourth-order valence-electron chi connectivity index (χ4n) is 6.75. The molecule has 37 heavy (non-hydrogen) atoms. The Labute approximate surface area is 221 Å². The van der Waals surface area contributed by atoms with Gasteiger partial charge < -0.3 is 19.1 Å². The molecule has 1 N–H and O–H groups in total. The SMILES string of the molecule is CC[C@H]1O[C@@H](n2ccc(NC(=O)C(C)C)nc2=O)CC1O[P@@]1O[C@]2(C3CCCCC3)CCCC[C@@H]2N1C. The van der Waals surface area contributed by atoms with Crippen LogP contribution in [-0.4, -0.2) is 51.0 Å². The maximum Gasteiger partial charge on any atom is 0.351 e. The quantitative estimate of drug-likeness (QED) is 0.470. The first kappa shape index (κ1) is 27.2. The molecule has 4 aliphatic rings. The Hall–Kier alpha value is -1.38. The molecule has 0 bridgehead atoms. The molecule has 10 heteroatoms. The molecule has 2 saturated carbocycles. The zero-order valence-electron chi connectivity index (χ0n) is 22.7. The zero-order valence-corrected chi connectivity index (χ0v) is 23.6. The molecule has 3 heterocycles. The number of anilines is 1. The van der Waals surface area contributed by atoms with E-state index in [0.717, 1.165) is 12.8 Å². The first-order valence-corrected chi connectivity index (χ1v) is 15.4. The Kier molecular flexibility index (Phi) is 8.37. The molecule has 9 nitrogen and oxygen atoms in total. The van der Waals surface area contributed by atoms with E-state index in [4.69, 9.17) is 13.8 Å². The predicted octanol–water partition coefficient (Wildman–Crippen LogP) is 5.37. The second kappa shape index (κ2) is 11.4. The first-order chi connectivity index (χ1) is 17.8. The summed E-state index contributed by atoms with van der Waals surface area (Å²) in [5.41, 5.74) is -0.513. The average Bonchev–Trinajstić information content (AvgIpc) is 3.43. The van der Waals surface area contributed by atoms with E-state index >= 15 is 0 Å². The number of ether oxygens (including phenoxy) is 1. The van der Waals surface area contributed by atoms with Crippen molar-refractivity contribution < 1.29 is 18.6 Å². The number of rotatable bonds is 7. The van der Waals surface area contributed by atoms with E-state index in [1.165, 1.54) is 55.9 Å². The van der Waals surface area contributed by atoms with Gasteiger partial charge in [0.15, 0.2) is 0 Å². The molecule has 1 aromatic heterocycles. The van der Waals surface area contributed by atoms with Crippen molar-refractivity contribution in [2.45, 2.75) is 121 Å². The van der Waals surface area contributed by atoms with Crippen LogP contribution in [-0.2, 0) is 18.6 Å². The van der Waals surface area contributed by atoms with Gasteiger partial charge in [0.1, 0.15) is 12.0 Å². The van der Waals surface area contributed by atoms with Gasteiger partial charge in [-0.15, -0.1) is 0 Å². The largest absolute Gasteiger partial charge is 0.352 e. The molecule has 1 unspecified atom stereocenters. The Morgan fingerprint density at radius 3 is 2.70 bits per heavy atom. The summed E-state index contributed by atoms with van der Waals surface area (Å²) in [5.74, 6) is 0.525. The van der Waals surface area contributed by atoms with Gasteiger partial charge in [-0.3, -0.25) is 9.36 Å². The lowest BCUT2D eigenvalue weighted by molar-refractivity contribution is -0.118. The van der Waals surface area contributed by atoms with Gasteiger partial charge in [0.25, 0.3) is 8.53 Å². The highest BCUT2D eigenvalue weighted by molar-refractivity contribution is 7.45. The number of aromatic nitrogens is 2. The summed E-state index contributed by atoms with van der Waals surface area (Å²) in [4.78, 5) is 28.9. The summed E-state index contributed by atoms with van der Waals surface area (Å²) in [6, 6.07) is 2.07. The molecule has 5 rings (SSSR count). The number of amides is 1. The molecule has 0 aromatic carbocycles. The minimum absolute atomic E-state index is 0.0726. The minimum Gasteiger partial charge on any atom is -0.352 e. The van der Waals surface area contributed by atoms with Crippen molar-refractivity contribution in [1.82, 2.24) is 14.2 Å². The fourth-order valence-corrected chi connectivity index (χ4v) is 8.72. The van der Waals surface area contributed by atoms with Gasteiger partial charge in [0.2, 0.25) is 5.91 Å². The summed E-state index contributed by atoms with van der Waals surface area (Å²) in [6.45, 7) is 5.69. The lowest BCUT2D eigenvalue weighted by Crippen LogP contribution is -2.52. The van der Waals surface area contributed by atoms with E-state index in [9.17, 15) is 9.59 Å². The molecule has 2 aliphatic heterocycles. The Bertz CT molecular complexity index is 1010. The van der Waals surface area contributed by atoms with E-state index in [1.54, 1.807) is 26.1 Å². The molecule has 4 fully saturated rings. The smallest absolute Gasteiger partial charge is 0.351 e. The van der Waals surface area contributed by atoms with E-state index in [2.05, 4.69) is 28.9 Å². The van der Waals surface area contributed by atoms with Crippen molar-refractivity contribution in [3.63, 3.8) is 0 Å². The molecule has 206 valence electrons. The Morgan fingerprint density at radius 1 is 1.24 bits per heavy atom. The van der Waals surface area contributed by atoms with Crippen molar-refractivity contribution in [2.24, 2.45) is 11.8 Å². The Morgan fingerprint density at radius 2 is 2.00 bits per heavy atom. The third kappa shape index (κ3) is 5.40. The molecule has 1 aromatic rings. The van der Waals surface area contributed by atoms with Crippen LogP contribution in [0.25, 0.3) is 0 Å². The molecular weight excluding hydrogens is 491 g/mol. The first-order valence-electron chi connectivity index (χ1n) is 14.3. The highest BCUT2D eigenvalue weighted by Crippen LogP contribution is 2.64.